The molecular weight excluding hydrogens is 463 g/mol. The SMILES string of the molecule is N#Cc1ccc(C#N)c(CP(Br)(c2ccccc2)(c2ccccc2)c2ccccc2)c1. The average molecular weight is 483 g/mol. The van der Waals surface area contributed by atoms with E-state index < -0.39 is 5.31 Å². The molecule has 0 radical (unpaired) electrons. The molecule has 0 saturated heterocycles. The van der Waals surface area contributed by atoms with Gasteiger partial charge in [0.25, 0.3) is 0 Å². The zero-order valence-electron chi connectivity index (χ0n) is 16.8. The standard InChI is InChI=1S/C27H20BrN2P/c28-31(25-10-4-1-5-11-25,26-12-6-2-7-13-26,27-14-8-3-9-15-27)21-24-18-22(19-29)16-17-23(24)20-30/h1-18H,21H2. The number of hydrogen-bond donors (Lipinski definition) is 0. The Morgan fingerprint density at radius 3 is 1.45 bits per heavy atom. The first-order chi connectivity index (χ1) is 15.1. The molecule has 0 aliphatic carbocycles. The van der Waals surface area contributed by atoms with Gasteiger partial charge in [-0.3, -0.25) is 0 Å². The number of halogens is 1. The maximum absolute atomic E-state index is 9.84. The van der Waals surface area contributed by atoms with Gasteiger partial charge in [0.15, 0.2) is 0 Å². The fraction of sp³-hybridized carbons (Fsp3) is 0.0370. The zero-order valence-corrected chi connectivity index (χ0v) is 19.3. The van der Waals surface area contributed by atoms with Gasteiger partial charge >= 0.3 is 191 Å². The van der Waals surface area contributed by atoms with Crippen molar-refractivity contribution < 1.29 is 0 Å². The van der Waals surface area contributed by atoms with Crippen LogP contribution in [-0.4, -0.2) is 0 Å². The van der Waals surface area contributed by atoms with Crippen LogP contribution in [-0.2, 0) is 6.16 Å². The molecule has 4 heteroatoms. The van der Waals surface area contributed by atoms with Crippen molar-refractivity contribution in [3.05, 3.63) is 126 Å². The molecule has 0 amide bonds. The number of nitrogens with zero attached hydrogens (tertiary/aromatic N) is 2. The molecule has 0 bridgehead atoms. The van der Waals surface area contributed by atoms with Crippen molar-refractivity contribution in [1.82, 2.24) is 0 Å². The van der Waals surface area contributed by atoms with Crippen molar-refractivity contribution in [2.75, 3.05) is 0 Å². The van der Waals surface area contributed by atoms with Crippen LogP contribution >= 0.6 is 20.8 Å². The maximum atomic E-state index is 9.84. The minimum atomic E-state index is -3.22. The van der Waals surface area contributed by atoms with Gasteiger partial charge in [-0.2, -0.15) is 0 Å². The quantitative estimate of drug-likeness (QED) is 0.339. The second kappa shape index (κ2) is 8.49. The Labute approximate surface area is 191 Å². The predicted molar refractivity (Wildman–Crippen MR) is 134 cm³/mol. The molecule has 0 spiro atoms. The molecule has 4 aromatic carbocycles. The molecule has 150 valence electrons. The van der Waals surface area contributed by atoms with Gasteiger partial charge in [0, 0.05) is 0 Å². The molecule has 0 heterocycles. The van der Waals surface area contributed by atoms with Gasteiger partial charge in [0.2, 0.25) is 0 Å². The Morgan fingerprint density at radius 2 is 1.06 bits per heavy atom. The summed E-state index contributed by atoms with van der Waals surface area (Å²) in [5.41, 5.74) is 2.02. The van der Waals surface area contributed by atoms with Crippen LogP contribution in [0.15, 0.2) is 109 Å². The molecule has 0 aliphatic heterocycles. The topological polar surface area (TPSA) is 47.6 Å². The molecule has 0 N–H and O–H groups in total. The Bertz CT molecular complexity index is 1190. The van der Waals surface area contributed by atoms with E-state index in [1.165, 1.54) is 15.9 Å². The summed E-state index contributed by atoms with van der Waals surface area (Å²) in [5, 5.41) is 19.7. The molecular formula is C27H20BrN2P. The third kappa shape index (κ3) is 3.58. The van der Waals surface area contributed by atoms with Gasteiger partial charge in [-0.1, -0.05) is 0 Å². The molecule has 4 rings (SSSR count). The van der Waals surface area contributed by atoms with E-state index in [1.54, 1.807) is 12.1 Å². The fourth-order valence-electron chi connectivity index (χ4n) is 4.16. The molecule has 0 atom stereocenters. The zero-order chi connectivity index (χ0) is 21.8. The summed E-state index contributed by atoms with van der Waals surface area (Å²) in [4.78, 5) is 0. The molecule has 4 aromatic rings. The molecule has 2 nitrogen and oxygen atoms in total. The fourth-order valence-corrected chi connectivity index (χ4v) is 11.8. The summed E-state index contributed by atoms with van der Waals surface area (Å²) in [7, 11) is 0. The predicted octanol–water partition coefficient (Wildman–Crippen LogP) is 5.77. The first-order valence-corrected chi connectivity index (χ1v) is 14.4. The van der Waals surface area contributed by atoms with E-state index >= 15 is 0 Å². The van der Waals surface area contributed by atoms with Crippen LogP contribution < -0.4 is 15.9 Å². The first-order valence-electron chi connectivity index (χ1n) is 9.93. The van der Waals surface area contributed by atoms with E-state index in [1.807, 2.05) is 24.3 Å². The van der Waals surface area contributed by atoms with E-state index in [0.29, 0.717) is 17.3 Å². The van der Waals surface area contributed by atoms with Gasteiger partial charge in [-0.15, -0.1) is 0 Å². The Kier molecular flexibility index (Phi) is 5.75. The molecule has 31 heavy (non-hydrogen) atoms. The van der Waals surface area contributed by atoms with E-state index in [0.717, 1.165) is 5.56 Å². The van der Waals surface area contributed by atoms with Gasteiger partial charge in [0.05, 0.1) is 0 Å². The van der Waals surface area contributed by atoms with Crippen molar-refractivity contribution in [2.45, 2.75) is 6.16 Å². The third-order valence-electron chi connectivity index (χ3n) is 5.71. The minimum absolute atomic E-state index is 0.556. The molecule has 0 aliphatic rings. The van der Waals surface area contributed by atoms with Gasteiger partial charge in [-0.05, 0) is 0 Å². The van der Waals surface area contributed by atoms with Crippen LogP contribution in [0.4, 0.5) is 0 Å². The summed E-state index contributed by atoms with van der Waals surface area (Å²) < 4.78 is 0. The molecule has 0 aromatic heterocycles. The van der Waals surface area contributed by atoms with Crippen molar-refractivity contribution in [1.29, 1.82) is 10.5 Å². The summed E-state index contributed by atoms with van der Waals surface area (Å²) >= 11 is 4.40. The summed E-state index contributed by atoms with van der Waals surface area (Å²) in [6, 6.07) is 41.2. The van der Waals surface area contributed by atoms with E-state index in [-0.39, 0.29) is 0 Å². The average Bonchev–Trinajstić information content (AvgIpc) is 2.85. The normalized spacial score (nSPS) is 12.2. The number of hydrogen-bond acceptors (Lipinski definition) is 2. The van der Waals surface area contributed by atoms with Crippen LogP contribution in [0.25, 0.3) is 0 Å². The third-order valence-corrected chi connectivity index (χ3v) is 15.2. The molecule has 0 fully saturated rings. The van der Waals surface area contributed by atoms with Crippen molar-refractivity contribution in [2.24, 2.45) is 0 Å². The Hall–Kier alpha value is -3.23. The van der Waals surface area contributed by atoms with E-state index in [2.05, 4.69) is 100 Å². The van der Waals surface area contributed by atoms with Gasteiger partial charge in [0.1, 0.15) is 0 Å². The molecule has 0 saturated carbocycles. The van der Waals surface area contributed by atoms with E-state index in [9.17, 15) is 10.5 Å². The second-order valence-electron chi connectivity index (χ2n) is 7.44. The van der Waals surface area contributed by atoms with Gasteiger partial charge in [-0.25, -0.2) is 0 Å². The Morgan fingerprint density at radius 1 is 0.613 bits per heavy atom. The summed E-state index contributed by atoms with van der Waals surface area (Å²) in [6.45, 7) is 0. The summed E-state index contributed by atoms with van der Waals surface area (Å²) in [5.74, 6) is 0. The van der Waals surface area contributed by atoms with Crippen LogP contribution in [0, 0.1) is 22.7 Å². The van der Waals surface area contributed by atoms with Crippen molar-refractivity contribution >= 4 is 36.7 Å². The van der Waals surface area contributed by atoms with Crippen LogP contribution in [0.2, 0.25) is 0 Å². The van der Waals surface area contributed by atoms with E-state index in [4.69, 9.17) is 0 Å². The number of rotatable bonds is 5. The van der Waals surface area contributed by atoms with Crippen LogP contribution in [0.3, 0.4) is 0 Å². The molecule has 0 unspecified atom stereocenters. The van der Waals surface area contributed by atoms with Crippen molar-refractivity contribution in [3.8, 4) is 12.1 Å². The van der Waals surface area contributed by atoms with Crippen LogP contribution in [0.1, 0.15) is 16.7 Å². The first kappa shape index (κ1) is 21.0. The Balaban J connectivity index is 2.13. The van der Waals surface area contributed by atoms with Crippen LogP contribution in [0.5, 0.6) is 0 Å². The number of benzene rings is 4. The monoisotopic (exact) mass is 482 g/mol. The second-order valence-corrected chi connectivity index (χ2v) is 16.4. The number of nitriles is 2. The summed E-state index contributed by atoms with van der Waals surface area (Å²) in [6.07, 6.45) is 0.585. The van der Waals surface area contributed by atoms with Gasteiger partial charge < -0.3 is 0 Å². The van der Waals surface area contributed by atoms with Crippen molar-refractivity contribution in [3.63, 3.8) is 0 Å².